The van der Waals surface area contributed by atoms with Crippen LogP contribution in [-0.2, 0) is 4.79 Å². The first-order valence-electron chi connectivity index (χ1n) is 5.93. The number of nitrogens with zero attached hydrogens (tertiary/aromatic N) is 1. The monoisotopic (exact) mass is 213 g/mol. The normalized spacial score (nSPS) is 25.7. The fourth-order valence-corrected chi connectivity index (χ4v) is 2.08. The lowest BCUT2D eigenvalue weighted by molar-refractivity contribution is -0.146. The van der Waals surface area contributed by atoms with Crippen molar-refractivity contribution in [2.75, 3.05) is 13.6 Å². The minimum absolute atomic E-state index is 0.0810. The van der Waals surface area contributed by atoms with E-state index in [0.717, 1.165) is 25.3 Å². The summed E-state index contributed by atoms with van der Waals surface area (Å²) in [5, 5.41) is 8.76. The quantitative estimate of drug-likeness (QED) is 0.735. The molecule has 0 heterocycles. The number of hydrogen-bond donors (Lipinski definition) is 1. The van der Waals surface area contributed by atoms with Gasteiger partial charge in [0.05, 0.1) is 5.92 Å². The van der Waals surface area contributed by atoms with E-state index in [1.807, 2.05) is 0 Å². The molecule has 1 rings (SSSR count). The largest absolute Gasteiger partial charge is 0.481 e. The van der Waals surface area contributed by atoms with Gasteiger partial charge in [-0.25, -0.2) is 0 Å². The molecular weight excluding hydrogens is 190 g/mol. The zero-order chi connectivity index (χ0) is 11.4. The lowest BCUT2D eigenvalue weighted by Crippen LogP contribution is -2.45. The maximum Gasteiger partial charge on any atom is 0.306 e. The first-order chi connectivity index (χ1) is 7.00. The van der Waals surface area contributed by atoms with Gasteiger partial charge in [0, 0.05) is 6.04 Å². The van der Waals surface area contributed by atoms with Crippen LogP contribution in [0.2, 0.25) is 0 Å². The van der Waals surface area contributed by atoms with E-state index < -0.39 is 5.97 Å². The Morgan fingerprint density at radius 1 is 1.47 bits per heavy atom. The van der Waals surface area contributed by atoms with E-state index >= 15 is 0 Å². The van der Waals surface area contributed by atoms with Crippen molar-refractivity contribution in [1.82, 2.24) is 4.90 Å². The molecule has 0 radical (unpaired) electrons. The van der Waals surface area contributed by atoms with Gasteiger partial charge in [0.2, 0.25) is 0 Å². The van der Waals surface area contributed by atoms with Crippen LogP contribution in [0.15, 0.2) is 0 Å². The molecule has 1 aliphatic carbocycles. The number of hydrogen-bond acceptors (Lipinski definition) is 2. The van der Waals surface area contributed by atoms with Gasteiger partial charge < -0.3 is 10.0 Å². The average Bonchev–Trinajstić information content (AvgIpc) is 1.99. The fourth-order valence-electron chi connectivity index (χ4n) is 2.08. The van der Waals surface area contributed by atoms with Crippen LogP contribution >= 0.6 is 0 Å². The van der Waals surface area contributed by atoms with Gasteiger partial charge in [-0.05, 0) is 45.2 Å². The van der Waals surface area contributed by atoms with Crippen molar-refractivity contribution < 1.29 is 9.90 Å². The van der Waals surface area contributed by atoms with Crippen molar-refractivity contribution in [2.24, 2.45) is 11.8 Å². The molecule has 3 heteroatoms. The summed E-state index contributed by atoms with van der Waals surface area (Å²) >= 11 is 0. The van der Waals surface area contributed by atoms with Gasteiger partial charge in [0.15, 0.2) is 0 Å². The topological polar surface area (TPSA) is 40.5 Å². The second kappa shape index (κ2) is 5.50. The Hall–Kier alpha value is -0.570. The number of rotatable bonds is 6. The van der Waals surface area contributed by atoms with E-state index in [9.17, 15) is 4.79 Å². The maximum atomic E-state index is 10.6. The molecule has 0 aliphatic heterocycles. The Labute approximate surface area is 92.5 Å². The van der Waals surface area contributed by atoms with Crippen LogP contribution in [0.25, 0.3) is 0 Å². The Balaban J connectivity index is 2.10. The summed E-state index contributed by atoms with van der Waals surface area (Å²) in [4.78, 5) is 13.0. The molecule has 1 N–H and O–H groups in total. The molecule has 1 fully saturated rings. The molecule has 0 atom stereocenters. The number of carbonyl (C=O) groups is 1. The highest BCUT2D eigenvalue weighted by Crippen LogP contribution is 2.31. The zero-order valence-corrected chi connectivity index (χ0v) is 10.1. The molecule has 0 saturated heterocycles. The summed E-state index contributed by atoms with van der Waals surface area (Å²) in [5.41, 5.74) is 0. The molecule has 15 heavy (non-hydrogen) atoms. The second-order valence-electron chi connectivity index (χ2n) is 5.18. The van der Waals surface area contributed by atoms with Gasteiger partial charge in [-0.2, -0.15) is 0 Å². The lowest BCUT2D eigenvalue weighted by Gasteiger charge is -2.39. The Morgan fingerprint density at radius 3 is 2.53 bits per heavy atom. The van der Waals surface area contributed by atoms with Crippen LogP contribution in [0.3, 0.4) is 0 Å². The third kappa shape index (κ3) is 3.82. The predicted molar refractivity (Wildman–Crippen MR) is 60.8 cm³/mol. The SMILES string of the molecule is CC(C)CCCN(C)C1CC(C(=O)O)C1. The lowest BCUT2D eigenvalue weighted by atomic mass is 9.79. The van der Waals surface area contributed by atoms with Crippen molar-refractivity contribution in [3.8, 4) is 0 Å². The molecule has 88 valence electrons. The van der Waals surface area contributed by atoms with Crippen LogP contribution in [0.1, 0.15) is 39.5 Å². The molecule has 0 aromatic carbocycles. The van der Waals surface area contributed by atoms with Gasteiger partial charge in [0.1, 0.15) is 0 Å². The van der Waals surface area contributed by atoms with Crippen molar-refractivity contribution in [1.29, 1.82) is 0 Å². The fraction of sp³-hybridized carbons (Fsp3) is 0.917. The molecule has 0 unspecified atom stereocenters. The van der Waals surface area contributed by atoms with Gasteiger partial charge in [-0.1, -0.05) is 13.8 Å². The summed E-state index contributed by atoms with van der Waals surface area (Å²) in [5.74, 6) is 0.0657. The molecular formula is C12H23NO2. The summed E-state index contributed by atoms with van der Waals surface area (Å²) in [7, 11) is 2.11. The van der Waals surface area contributed by atoms with Crippen LogP contribution in [0.5, 0.6) is 0 Å². The Morgan fingerprint density at radius 2 is 2.07 bits per heavy atom. The van der Waals surface area contributed by atoms with Crippen LogP contribution in [-0.4, -0.2) is 35.6 Å². The van der Waals surface area contributed by atoms with E-state index in [2.05, 4.69) is 25.8 Å². The number of carboxylic acids is 1. The number of carboxylic acid groups (broad SMARTS) is 1. The summed E-state index contributed by atoms with van der Waals surface area (Å²) < 4.78 is 0. The summed E-state index contributed by atoms with van der Waals surface area (Å²) in [6.07, 6.45) is 4.17. The van der Waals surface area contributed by atoms with E-state index in [0.29, 0.717) is 6.04 Å². The Bertz CT molecular complexity index is 210. The van der Waals surface area contributed by atoms with Gasteiger partial charge in [-0.3, -0.25) is 4.79 Å². The maximum absolute atomic E-state index is 10.6. The summed E-state index contributed by atoms with van der Waals surface area (Å²) in [6, 6.07) is 0.512. The second-order valence-corrected chi connectivity index (χ2v) is 5.18. The minimum Gasteiger partial charge on any atom is -0.481 e. The highest BCUT2D eigenvalue weighted by Gasteiger charge is 2.36. The molecule has 0 spiro atoms. The van der Waals surface area contributed by atoms with Crippen molar-refractivity contribution in [3.05, 3.63) is 0 Å². The van der Waals surface area contributed by atoms with Gasteiger partial charge in [0.25, 0.3) is 0 Å². The Kier molecular flexibility index (Phi) is 4.58. The third-order valence-electron chi connectivity index (χ3n) is 3.38. The zero-order valence-electron chi connectivity index (χ0n) is 10.1. The highest BCUT2D eigenvalue weighted by atomic mass is 16.4. The van der Waals surface area contributed by atoms with Crippen molar-refractivity contribution in [3.63, 3.8) is 0 Å². The molecule has 3 nitrogen and oxygen atoms in total. The average molecular weight is 213 g/mol. The van der Waals surface area contributed by atoms with Crippen LogP contribution in [0, 0.1) is 11.8 Å². The van der Waals surface area contributed by atoms with E-state index in [4.69, 9.17) is 5.11 Å². The van der Waals surface area contributed by atoms with Crippen molar-refractivity contribution in [2.45, 2.75) is 45.6 Å². The molecule has 1 saturated carbocycles. The van der Waals surface area contributed by atoms with Crippen molar-refractivity contribution >= 4 is 5.97 Å². The first-order valence-corrected chi connectivity index (χ1v) is 5.93. The smallest absolute Gasteiger partial charge is 0.306 e. The molecule has 0 amide bonds. The third-order valence-corrected chi connectivity index (χ3v) is 3.38. The minimum atomic E-state index is -0.623. The van der Waals surface area contributed by atoms with Crippen LogP contribution < -0.4 is 0 Å². The number of aliphatic carboxylic acids is 1. The molecule has 0 aromatic heterocycles. The molecule has 1 aliphatic rings. The first kappa shape index (κ1) is 12.5. The summed E-state index contributed by atoms with van der Waals surface area (Å²) in [6.45, 7) is 5.59. The predicted octanol–water partition coefficient (Wildman–Crippen LogP) is 2.22. The highest BCUT2D eigenvalue weighted by molar-refractivity contribution is 5.71. The van der Waals surface area contributed by atoms with Crippen LogP contribution in [0.4, 0.5) is 0 Å². The van der Waals surface area contributed by atoms with E-state index in [1.54, 1.807) is 0 Å². The standard InChI is InChI=1S/C12H23NO2/c1-9(2)5-4-6-13(3)11-7-10(8-11)12(14)15/h9-11H,4-8H2,1-3H3,(H,14,15). The molecule has 0 bridgehead atoms. The molecule has 0 aromatic rings. The van der Waals surface area contributed by atoms with E-state index in [1.165, 1.54) is 12.8 Å². The van der Waals surface area contributed by atoms with E-state index in [-0.39, 0.29) is 5.92 Å². The van der Waals surface area contributed by atoms with Gasteiger partial charge in [-0.15, -0.1) is 0 Å². The van der Waals surface area contributed by atoms with Gasteiger partial charge >= 0.3 is 5.97 Å².